The van der Waals surface area contributed by atoms with Crippen LogP contribution in [0.2, 0.25) is 0 Å². The second-order valence-corrected chi connectivity index (χ2v) is 2.03. The third-order valence-electron chi connectivity index (χ3n) is 1.23. The molecule has 0 unspecified atom stereocenters. The molecule has 12 heavy (non-hydrogen) atoms. The molecule has 1 heterocycles. The molecule has 0 spiro atoms. The van der Waals surface area contributed by atoms with Crippen LogP contribution < -0.4 is 0 Å². The van der Waals surface area contributed by atoms with E-state index in [0.29, 0.717) is 11.4 Å². The Labute approximate surface area is 70.1 Å². The van der Waals surface area contributed by atoms with Crippen molar-refractivity contribution in [2.24, 2.45) is 5.16 Å². The van der Waals surface area contributed by atoms with Crippen molar-refractivity contribution in [2.45, 2.75) is 6.61 Å². The molecule has 0 fully saturated rings. The lowest BCUT2D eigenvalue weighted by molar-refractivity contribution is 0.130. The molecule has 0 saturated heterocycles. The lowest BCUT2D eigenvalue weighted by Gasteiger charge is -1.97. The largest absolute Gasteiger partial charge is 0.390 e. The molecule has 1 aromatic rings. The highest BCUT2D eigenvalue weighted by Crippen LogP contribution is 1.99. The summed E-state index contributed by atoms with van der Waals surface area (Å²) in [6.07, 6.45) is 0. The van der Waals surface area contributed by atoms with E-state index in [1.807, 2.05) is 6.07 Å². The van der Waals surface area contributed by atoms with Gasteiger partial charge in [0.25, 0.3) is 0 Å². The van der Waals surface area contributed by atoms with Crippen molar-refractivity contribution in [3.63, 3.8) is 0 Å². The van der Waals surface area contributed by atoms with Gasteiger partial charge in [-0.25, -0.2) is 4.98 Å². The van der Waals surface area contributed by atoms with Crippen LogP contribution >= 0.6 is 0 Å². The van der Waals surface area contributed by atoms with Crippen LogP contribution in [0.4, 0.5) is 0 Å². The summed E-state index contributed by atoms with van der Waals surface area (Å²) in [5.41, 5.74) is 1.04. The maximum absolute atomic E-state index is 8.50. The Morgan fingerprint density at radius 2 is 2.50 bits per heavy atom. The van der Waals surface area contributed by atoms with Gasteiger partial charge in [0.2, 0.25) is 0 Å². The minimum atomic E-state index is 0.249. The van der Waals surface area contributed by atoms with E-state index in [2.05, 4.69) is 21.7 Å². The summed E-state index contributed by atoms with van der Waals surface area (Å²) < 4.78 is 0. The van der Waals surface area contributed by atoms with Gasteiger partial charge in [-0.1, -0.05) is 6.07 Å². The van der Waals surface area contributed by atoms with Gasteiger partial charge < -0.3 is 4.84 Å². The maximum Gasteiger partial charge on any atom is 0.159 e. The van der Waals surface area contributed by atoms with E-state index in [4.69, 9.17) is 5.26 Å². The van der Waals surface area contributed by atoms with Gasteiger partial charge in [-0.05, 0) is 12.1 Å². The first-order valence-electron chi connectivity index (χ1n) is 3.31. The molecule has 0 saturated carbocycles. The fourth-order valence-electron chi connectivity index (χ4n) is 0.734. The number of hydrogen-bond donors (Lipinski definition) is 0. The topological polar surface area (TPSA) is 58.3 Å². The Morgan fingerprint density at radius 1 is 1.67 bits per heavy atom. The zero-order valence-corrected chi connectivity index (χ0v) is 6.40. The third-order valence-corrected chi connectivity index (χ3v) is 1.23. The van der Waals surface area contributed by atoms with E-state index < -0.39 is 0 Å². The molecule has 0 aliphatic carbocycles. The van der Waals surface area contributed by atoms with Crippen molar-refractivity contribution in [1.29, 1.82) is 5.26 Å². The van der Waals surface area contributed by atoms with E-state index in [0.717, 1.165) is 0 Å². The number of rotatable bonds is 3. The standard InChI is InChI=1S/C8H7N3O/c1-10-12-6-8-4-2-3-7(5-9)11-8/h2-4H,1,6H2. The second-order valence-electron chi connectivity index (χ2n) is 2.03. The quantitative estimate of drug-likeness (QED) is 0.492. The summed E-state index contributed by atoms with van der Waals surface area (Å²) in [7, 11) is 0. The highest BCUT2D eigenvalue weighted by molar-refractivity contribution is 5.22. The Bertz CT molecular complexity index is 316. The highest BCUT2D eigenvalue weighted by Gasteiger charge is 1.95. The molecule has 1 aromatic heterocycles. The van der Waals surface area contributed by atoms with Crippen LogP contribution in [0, 0.1) is 11.3 Å². The van der Waals surface area contributed by atoms with Gasteiger partial charge >= 0.3 is 0 Å². The minimum absolute atomic E-state index is 0.249. The fraction of sp³-hybridized carbons (Fsp3) is 0.125. The Balaban J connectivity index is 2.74. The predicted molar refractivity (Wildman–Crippen MR) is 43.3 cm³/mol. The van der Waals surface area contributed by atoms with Crippen molar-refractivity contribution >= 4 is 6.72 Å². The van der Waals surface area contributed by atoms with Crippen LogP contribution in [0.3, 0.4) is 0 Å². The monoisotopic (exact) mass is 161 g/mol. The smallest absolute Gasteiger partial charge is 0.159 e. The highest BCUT2D eigenvalue weighted by atomic mass is 16.6. The van der Waals surface area contributed by atoms with Gasteiger partial charge in [0.05, 0.1) is 5.69 Å². The molecule has 0 aromatic carbocycles. The first-order valence-corrected chi connectivity index (χ1v) is 3.31. The maximum atomic E-state index is 8.50. The summed E-state index contributed by atoms with van der Waals surface area (Å²) in [5.74, 6) is 0. The van der Waals surface area contributed by atoms with Gasteiger partial charge in [0.15, 0.2) is 6.61 Å². The van der Waals surface area contributed by atoms with Gasteiger partial charge in [-0.3, -0.25) is 0 Å². The zero-order valence-electron chi connectivity index (χ0n) is 6.40. The van der Waals surface area contributed by atoms with Crippen LogP contribution in [0.15, 0.2) is 23.4 Å². The molecule has 0 atom stereocenters. The lowest BCUT2D eigenvalue weighted by Crippen LogP contribution is -1.92. The molecule has 60 valence electrons. The zero-order chi connectivity index (χ0) is 8.81. The van der Waals surface area contributed by atoms with Crippen LogP contribution in [0.5, 0.6) is 0 Å². The van der Waals surface area contributed by atoms with Crippen LogP contribution in [0.1, 0.15) is 11.4 Å². The molecule has 4 heteroatoms. The first-order chi connectivity index (χ1) is 5.86. The Morgan fingerprint density at radius 3 is 3.17 bits per heavy atom. The molecule has 0 N–H and O–H groups in total. The van der Waals surface area contributed by atoms with Crippen molar-refractivity contribution in [1.82, 2.24) is 4.98 Å². The summed E-state index contributed by atoms with van der Waals surface area (Å²) >= 11 is 0. The van der Waals surface area contributed by atoms with Gasteiger partial charge in [-0.15, -0.1) is 5.16 Å². The van der Waals surface area contributed by atoms with E-state index in [1.54, 1.807) is 18.2 Å². The normalized spacial score (nSPS) is 8.58. The first kappa shape index (κ1) is 8.21. The van der Waals surface area contributed by atoms with Crippen LogP contribution in [-0.4, -0.2) is 11.7 Å². The van der Waals surface area contributed by atoms with Crippen LogP contribution in [-0.2, 0) is 11.4 Å². The SMILES string of the molecule is C=NOCc1cccc(C#N)n1. The minimum Gasteiger partial charge on any atom is -0.390 e. The molecular formula is C8H7N3O. The molecular weight excluding hydrogens is 154 g/mol. The number of nitriles is 1. The molecule has 0 radical (unpaired) electrons. The number of aromatic nitrogens is 1. The molecule has 1 rings (SSSR count). The van der Waals surface area contributed by atoms with E-state index >= 15 is 0 Å². The second kappa shape index (κ2) is 4.09. The molecule has 0 amide bonds. The van der Waals surface area contributed by atoms with Crippen LogP contribution in [0.25, 0.3) is 0 Å². The lowest BCUT2D eigenvalue weighted by atomic mass is 10.3. The number of nitrogens with zero attached hydrogens (tertiary/aromatic N) is 3. The van der Waals surface area contributed by atoms with E-state index in [1.165, 1.54) is 0 Å². The number of pyridine rings is 1. The predicted octanol–water partition coefficient (Wildman–Crippen LogP) is 1.09. The van der Waals surface area contributed by atoms with Gasteiger partial charge in [0.1, 0.15) is 11.8 Å². The summed E-state index contributed by atoms with van der Waals surface area (Å²) in [6, 6.07) is 7.06. The van der Waals surface area contributed by atoms with E-state index in [-0.39, 0.29) is 6.61 Å². The number of oxime groups is 1. The third kappa shape index (κ3) is 2.06. The van der Waals surface area contributed by atoms with Gasteiger partial charge in [0, 0.05) is 6.72 Å². The van der Waals surface area contributed by atoms with Crippen molar-refractivity contribution in [2.75, 3.05) is 0 Å². The molecule has 0 aliphatic heterocycles. The summed E-state index contributed by atoms with van der Waals surface area (Å²) in [5, 5.41) is 11.7. The average Bonchev–Trinajstić information content (AvgIpc) is 2.15. The fourth-order valence-corrected chi connectivity index (χ4v) is 0.734. The van der Waals surface area contributed by atoms with Crippen molar-refractivity contribution in [3.05, 3.63) is 29.6 Å². The summed E-state index contributed by atoms with van der Waals surface area (Å²) in [4.78, 5) is 8.62. The van der Waals surface area contributed by atoms with Crippen molar-refractivity contribution < 1.29 is 4.84 Å². The number of hydrogen-bond acceptors (Lipinski definition) is 4. The Kier molecular flexibility index (Phi) is 2.79. The molecule has 0 bridgehead atoms. The van der Waals surface area contributed by atoms with Gasteiger partial charge in [-0.2, -0.15) is 5.26 Å². The molecule has 0 aliphatic rings. The van der Waals surface area contributed by atoms with Crippen molar-refractivity contribution in [3.8, 4) is 6.07 Å². The Hall–Kier alpha value is -1.89. The van der Waals surface area contributed by atoms with E-state index in [9.17, 15) is 0 Å². The molecule has 4 nitrogen and oxygen atoms in total. The summed E-state index contributed by atoms with van der Waals surface area (Å²) in [6.45, 7) is 3.40. The average molecular weight is 161 g/mol.